The normalized spacial score (nSPS) is 12.8. The van der Waals surface area contributed by atoms with Crippen molar-refractivity contribution in [2.24, 2.45) is 5.92 Å². The summed E-state index contributed by atoms with van der Waals surface area (Å²) >= 11 is 0. The van der Waals surface area contributed by atoms with Crippen LogP contribution in [-0.4, -0.2) is 42.6 Å². The van der Waals surface area contributed by atoms with E-state index in [-0.39, 0.29) is 6.04 Å². The van der Waals surface area contributed by atoms with Crippen LogP contribution in [0.3, 0.4) is 0 Å². The molecule has 2 N–H and O–H groups in total. The summed E-state index contributed by atoms with van der Waals surface area (Å²) in [6, 6.07) is 0.274. The van der Waals surface area contributed by atoms with E-state index in [2.05, 4.69) is 29.4 Å². The van der Waals surface area contributed by atoms with Gasteiger partial charge in [0.2, 0.25) is 10.0 Å². The van der Waals surface area contributed by atoms with Crippen LogP contribution >= 0.6 is 0 Å². The molecule has 0 saturated carbocycles. The Morgan fingerprint density at radius 1 is 1.29 bits per heavy atom. The number of hydrogen-bond acceptors (Lipinski definition) is 4. The summed E-state index contributed by atoms with van der Waals surface area (Å²) in [5.41, 5.74) is 1.14. The molecule has 0 aliphatic carbocycles. The molecule has 0 bridgehead atoms. The molecule has 0 radical (unpaired) electrons. The fourth-order valence-corrected chi connectivity index (χ4v) is 3.45. The fourth-order valence-electron chi connectivity index (χ4n) is 1.95. The first kappa shape index (κ1) is 18.1. The van der Waals surface area contributed by atoms with E-state index in [9.17, 15) is 8.42 Å². The number of rotatable bonds is 8. The molecule has 21 heavy (non-hydrogen) atoms. The molecule has 1 rings (SSSR count). The minimum absolute atomic E-state index is 0.274. The van der Waals surface area contributed by atoms with Crippen molar-refractivity contribution >= 4 is 10.0 Å². The third kappa shape index (κ3) is 4.79. The molecule has 1 heterocycles. The topological polar surface area (TPSA) is 78.1 Å². The van der Waals surface area contributed by atoms with Gasteiger partial charge in [-0.05, 0) is 19.3 Å². The van der Waals surface area contributed by atoms with E-state index in [1.807, 2.05) is 13.8 Å². The second kappa shape index (κ2) is 7.38. The maximum absolute atomic E-state index is 12.7. The van der Waals surface area contributed by atoms with E-state index >= 15 is 0 Å². The monoisotopic (exact) mass is 316 g/mol. The molecule has 0 saturated heterocycles. The third-order valence-electron chi connectivity index (χ3n) is 3.33. The SMILES string of the molecule is Cc1[nH]nc(CNC(C)C)c1S(=O)(=O)N(C)CCC(C)C. The number of nitrogens with zero attached hydrogens (tertiary/aromatic N) is 2. The molecule has 0 spiro atoms. The van der Waals surface area contributed by atoms with Gasteiger partial charge in [-0.25, -0.2) is 12.7 Å². The summed E-state index contributed by atoms with van der Waals surface area (Å²) in [6.45, 7) is 10.9. The minimum atomic E-state index is -3.50. The Balaban J connectivity index is 2.99. The van der Waals surface area contributed by atoms with Crippen molar-refractivity contribution in [2.45, 2.75) is 58.5 Å². The number of aryl methyl sites for hydroxylation is 1. The molecule has 1 aromatic rings. The fraction of sp³-hybridized carbons (Fsp3) is 0.786. The van der Waals surface area contributed by atoms with Crippen LogP contribution in [0.15, 0.2) is 4.90 Å². The lowest BCUT2D eigenvalue weighted by atomic mass is 10.1. The van der Waals surface area contributed by atoms with Crippen LogP contribution in [0.2, 0.25) is 0 Å². The predicted molar refractivity (Wildman–Crippen MR) is 84.6 cm³/mol. The Morgan fingerprint density at radius 2 is 1.90 bits per heavy atom. The van der Waals surface area contributed by atoms with Crippen molar-refractivity contribution in [3.05, 3.63) is 11.4 Å². The number of hydrogen-bond donors (Lipinski definition) is 2. The lowest BCUT2D eigenvalue weighted by molar-refractivity contribution is 0.427. The van der Waals surface area contributed by atoms with Crippen LogP contribution in [-0.2, 0) is 16.6 Å². The largest absolute Gasteiger partial charge is 0.309 e. The van der Waals surface area contributed by atoms with Gasteiger partial charge in [0.1, 0.15) is 4.90 Å². The van der Waals surface area contributed by atoms with Gasteiger partial charge in [0.05, 0.1) is 11.4 Å². The quantitative estimate of drug-likeness (QED) is 0.767. The lowest BCUT2D eigenvalue weighted by Crippen LogP contribution is -2.30. The van der Waals surface area contributed by atoms with Crippen LogP contribution in [0, 0.1) is 12.8 Å². The van der Waals surface area contributed by atoms with Crippen molar-refractivity contribution in [3.8, 4) is 0 Å². The molecule has 0 aliphatic rings. The van der Waals surface area contributed by atoms with Gasteiger partial charge in [-0.15, -0.1) is 0 Å². The number of H-pyrrole nitrogens is 1. The van der Waals surface area contributed by atoms with Gasteiger partial charge in [0.15, 0.2) is 0 Å². The molecule has 0 amide bonds. The summed E-state index contributed by atoms with van der Waals surface area (Å²) < 4.78 is 26.9. The summed E-state index contributed by atoms with van der Waals surface area (Å²) in [5, 5.41) is 10.1. The zero-order valence-corrected chi connectivity index (χ0v) is 14.7. The molecular weight excluding hydrogens is 288 g/mol. The first-order chi connectivity index (χ1) is 9.66. The molecule has 122 valence electrons. The highest BCUT2D eigenvalue weighted by Crippen LogP contribution is 2.22. The first-order valence-electron chi connectivity index (χ1n) is 7.39. The van der Waals surface area contributed by atoms with Gasteiger partial charge < -0.3 is 5.32 Å². The van der Waals surface area contributed by atoms with Gasteiger partial charge >= 0.3 is 0 Å². The number of aromatic amines is 1. The summed E-state index contributed by atoms with van der Waals surface area (Å²) in [5.74, 6) is 0.468. The Hall–Kier alpha value is -0.920. The van der Waals surface area contributed by atoms with Gasteiger partial charge in [-0.3, -0.25) is 5.10 Å². The van der Waals surface area contributed by atoms with E-state index in [1.165, 1.54) is 4.31 Å². The zero-order valence-electron chi connectivity index (χ0n) is 13.9. The lowest BCUT2D eigenvalue weighted by Gasteiger charge is -2.19. The molecule has 0 fully saturated rings. The van der Waals surface area contributed by atoms with Gasteiger partial charge in [-0.2, -0.15) is 5.10 Å². The van der Waals surface area contributed by atoms with Gasteiger partial charge in [0, 0.05) is 26.2 Å². The number of sulfonamides is 1. The van der Waals surface area contributed by atoms with E-state index in [1.54, 1.807) is 14.0 Å². The molecule has 1 aromatic heterocycles. The van der Waals surface area contributed by atoms with Crippen molar-refractivity contribution in [1.82, 2.24) is 19.8 Å². The second-order valence-electron chi connectivity index (χ2n) is 6.17. The van der Waals surface area contributed by atoms with Crippen molar-refractivity contribution in [2.75, 3.05) is 13.6 Å². The minimum Gasteiger partial charge on any atom is -0.309 e. The second-order valence-corrected chi connectivity index (χ2v) is 8.15. The molecular formula is C14H28N4O2S. The van der Waals surface area contributed by atoms with E-state index in [0.717, 1.165) is 6.42 Å². The zero-order chi connectivity index (χ0) is 16.2. The average molecular weight is 316 g/mol. The first-order valence-corrected chi connectivity index (χ1v) is 8.83. The standard InChI is InChI=1S/C14H28N4O2S/c1-10(2)7-8-18(6)21(19,20)14-12(5)16-17-13(14)9-15-11(3)4/h10-11,15H,7-9H2,1-6H3,(H,16,17). The molecule has 0 unspecified atom stereocenters. The van der Waals surface area contributed by atoms with E-state index in [4.69, 9.17) is 0 Å². The highest BCUT2D eigenvalue weighted by atomic mass is 32.2. The van der Waals surface area contributed by atoms with Crippen LogP contribution < -0.4 is 5.32 Å². The Kier molecular flexibility index (Phi) is 6.37. The average Bonchev–Trinajstić information content (AvgIpc) is 2.75. The maximum atomic E-state index is 12.7. The third-order valence-corrected chi connectivity index (χ3v) is 5.39. The van der Waals surface area contributed by atoms with Crippen LogP contribution in [0.4, 0.5) is 0 Å². The van der Waals surface area contributed by atoms with Crippen molar-refractivity contribution in [3.63, 3.8) is 0 Å². The molecule has 7 heteroatoms. The summed E-state index contributed by atoms with van der Waals surface area (Å²) in [7, 11) is -1.87. The molecule has 6 nitrogen and oxygen atoms in total. The van der Waals surface area contributed by atoms with E-state index < -0.39 is 10.0 Å². The Morgan fingerprint density at radius 3 is 2.43 bits per heavy atom. The Bertz CT molecular complexity index is 549. The number of aromatic nitrogens is 2. The Labute approximate surface area is 128 Å². The predicted octanol–water partition coefficient (Wildman–Crippen LogP) is 1.88. The molecule has 0 aromatic carbocycles. The molecule has 0 atom stereocenters. The van der Waals surface area contributed by atoms with Crippen LogP contribution in [0.25, 0.3) is 0 Å². The summed E-state index contributed by atoms with van der Waals surface area (Å²) in [6.07, 6.45) is 0.839. The van der Waals surface area contributed by atoms with Crippen molar-refractivity contribution < 1.29 is 8.42 Å². The highest BCUT2D eigenvalue weighted by molar-refractivity contribution is 7.89. The maximum Gasteiger partial charge on any atom is 0.246 e. The van der Waals surface area contributed by atoms with Crippen LogP contribution in [0.1, 0.15) is 45.5 Å². The van der Waals surface area contributed by atoms with Gasteiger partial charge in [0.25, 0.3) is 0 Å². The number of nitrogens with one attached hydrogen (secondary N) is 2. The van der Waals surface area contributed by atoms with Crippen LogP contribution in [0.5, 0.6) is 0 Å². The van der Waals surface area contributed by atoms with Crippen molar-refractivity contribution in [1.29, 1.82) is 0 Å². The van der Waals surface area contributed by atoms with E-state index in [0.29, 0.717) is 35.3 Å². The highest BCUT2D eigenvalue weighted by Gasteiger charge is 2.28. The molecule has 0 aliphatic heterocycles. The summed E-state index contributed by atoms with van der Waals surface area (Å²) in [4.78, 5) is 0.307. The smallest absolute Gasteiger partial charge is 0.246 e. The van der Waals surface area contributed by atoms with Gasteiger partial charge in [-0.1, -0.05) is 27.7 Å².